The number of benzene rings is 2. The molecule has 0 spiro atoms. The molecule has 2 aromatic carbocycles. The molecular formula is C22H24N2O4S. The van der Waals surface area contributed by atoms with Gasteiger partial charge in [0.25, 0.3) is 5.91 Å². The number of sulfonamides is 1. The highest BCUT2D eigenvalue weighted by Gasteiger charge is 2.28. The first-order valence-corrected chi connectivity index (χ1v) is 11.2. The summed E-state index contributed by atoms with van der Waals surface area (Å²) in [7, 11) is -3.52. The Bertz CT molecular complexity index is 1160. The molecule has 2 heterocycles. The number of hydrogen-bond acceptors (Lipinski definition) is 4. The van der Waals surface area contributed by atoms with Gasteiger partial charge in [0.1, 0.15) is 5.58 Å². The molecule has 1 amide bonds. The van der Waals surface area contributed by atoms with Gasteiger partial charge in [-0.2, -0.15) is 4.31 Å². The van der Waals surface area contributed by atoms with Crippen molar-refractivity contribution in [2.75, 3.05) is 13.1 Å². The quantitative estimate of drug-likeness (QED) is 0.692. The number of rotatable bonds is 5. The van der Waals surface area contributed by atoms with Gasteiger partial charge in [-0.15, -0.1) is 0 Å². The van der Waals surface area contributed by atoms with Crippen LogP contribution in [-0.2, 0) is 16.6 Å². The largest absolute Gasteiger partial charge is 0.451 e. The van der Waals surface area contributed by atoms with E-state index in [-0.39, 0.29) is 16.6 Å². The van der Waals surface area contributed by atoms with Crippen molar-refractivity contribution in [1.82, 2.24) is 9.62 Å². The molecule has 6 nitrogen and oxygen atoms in total. The zero-order valence-electron chi connectivity index (χ0n) is 16.6. The molecule has 0 bridgehead atoms. The van der Waals surface area contributed by atoms with Gasteiger partial charge in [0.15, 0.2) is 5.76 Å². The molecule has 29 heavy (non-hydrogen) atoms. The van der Waals surface area contributed by atoms with E-state index < -0.39 is 10.0 Å². The molecule has 1 saturated heterocycles. The average molecular weight is 413 g/mol. The van der Waals surface area contributed by atoms with Crippen LogP contribution in [0.15, 0.2) is 51.8 Å². The fourth-order valence-corrected chi connectivity index (χ4v) is 5.17. The fourth-order valence-electron chi connectivity index (χ4n) is 3.62. The zero-order valence-corrected chi connectivity index (χ0v) is 17.4. The lowest BCUT2D eigenvalue weighted by molar-refractivity contribution is 0.0924. The van der Waals surface area contributed by atoms with E-state index in [2.05, 4.69) is 5.32 Å². The van der Waals surface area contributed by atoms with Gasteiger partial charge < -0.3 is 9.73 Å². The Labute approximate surface area is 170 Å². The normalized spacial score (nSPS) is 15.1. The SMILES string of the molecule is Cc1ccc(CNC(=O)c2oc3ccc(S(=O)(=O)N4CCCC4)cc3c2C)cc1. The first-order valence-electron chi connectivity index (χ1n) is 9.73. The molecule has 0 radical (unpaired) electrons. The minimum absolute atomic E-state index is 0.211. The van der Waals surface area contributed by atoms with Crippen LogP contribution in [0.4, 0.5) is 0 Å². The number of aryl methyl sites for hydroxylation is 2. The van der Waals surface area contributed by atoms with E-state index in [1.165, 1.54) is 4.31 Å². The molecule has 1 N–H and O–H groups in total. The molecule has 1 fully saturated rings. The minimum Gasteiger partial charge on any atom is -0.451 e. The highest BCUT2D eigenvalue weighted by atomic mass is 32.2. The van der Waals surface area contributed by atoms with E-state index in [4.69, 9.17) is 4.42 Å². The van der Waals surface area contributed by atoms with E-state index in [1.807, 2.05) is 31.2 Å². The molecular weight excluding hydrogens is 388 g/mol. The molecule has 0 unspecified atom stereocenters. The summed E-state index contributed by atoms with van der Waals surface area (Å²) in [6.45, 7) is 5.29. The number of amides is 1. The fraction of sp³-hybridized carbons (Fsp3) is 0.318. The molecule has 1 aliphatic rings. The topological polar surface area (TPSA) is 79.6 Å². The predicted molar refractivity (Wildman–Crippen MR) is 111 cm³/mol. The van der Waals surface area contributed by atoms with Crippen molar-refractivity contribution >= 4 is 26.9 Å². The van der Waals surface area contributed by atoms with Crippen molar-refractivity contribution in [2.45, 2.75) is 38.1 Å². The van der Waals surface area contributed by atoms with Gasteiger partial charge in [0.05, 0.1) is 4.90 Å². The number of hydrogen-bond donors (Lipinski definition) is 1. The minimum atomic E-state index is -3.52. The Morgan fingerprint density at radius 1 is 1.07 bits per heavy atom. The summed E-state index contributed by atoms with van der Waals surface area (Å²) in [6, 6.07) is 12.7. The van der Waals surface area contributed by atoms with Crippen molar-refractivity contribution in [3.05, 3.63) is 64.9 Å². The van der Waals surface area contributed by atoms with Crippen LogP contribution in [0.3, 0.4) is 0 Å². The molecule has 152 valence electrons. The highest BCUT2D eigenvalue weighted by molar-refractivity contribution is 7.89. The zero-order chi connectivity index (χ0) is 20.6. The van der Waals surface area contributed by atoms with Crippen molar-refractivity contribution in [3.63, 3.8) is 0 Å². The average Bonchev–Trinajstić information content (AvgIpc) is 3.36. The van der Waals surface area contributed by atoms with E-state index in [1.54, 1.807) is 25.1 Å². The van der Waals surface area contributed by atoms with E-state index in [9.17, 15) is 13.2 Å². The van der Waals surface area contributed by atoms with Crippen LogP contribution >= 0.6 is 0 Å². The van der Waals surface area contributed by atoms with Crippen LogP contribution in [0.5, 0.6) is 0 Å². The lowest BCUT2D eigenvalue weighted by Gasteiger charge is -2.15. The molecule has 7 heteroatoms. The second-order valence-corrected chi connectivity index (χ2v) is 9.43. The van der Waals surface area contributed by atoms with E-state index in [0.717, 1.165) is 24.0 Å². The second-order valence-electron chi connectivity index (χ2n) is 7.49. The van der Waals surface area contributed by atoms with Crippen LogP contribution < -0.4 is 5.32 Å². The summed E-state index contributed by atoms with van der Waals surface area (Å²) in [5.41, 5.74) is 3.30. The molecule has 0 aliphatic carbocycles. The molecule has 1 aromatic heterocycles. The third-order valence-electron chi connectivity index (χ3n) is 5.39. The van der Waals surface area contributed by atoms with Crippen molar-refractivity contribution in [1.29, 1.82) is 0 Å². The third kappa shape index (κ3) is 3.80. The summed E-state index contributed by atoms with van der Waals surface area (Å²) in [4.78, 5) is 12.9. The molecule has 4 rings (SSSR count). The maximum absolute atomic E-state index is 12.8. The predicted octanol–water partition coefficient (Wildman–Crippen LogP) is 3.76. The van der Waals surface area contributed by atoms with Crippen LogP contribution in [0, 0.1) is 13.8 Å². The van der Waals surface area contributed by atoms with Crippen molar-refractivity contribution < 1.29 is 17.6 Å². The number of furan rings is 1. The lowest BCUT2D eigenvalue weighted by Crippen LogP contribution is -2.27. The second kappa shape index (κ2) is 7.65. The van der Waals surface area contributed by atoms with Crippen LogP contribution in [0.1, 0.15) is 40.1 Å². The molecule has 3 aromatic rings. The number of carbonyl (C=O) groups excluding carboxylic acids is 1. The van der Waals surface area contributed by atoms with Crippen molar-refractivity contribution in [3.8, 4) is 0 Å². The Kier molecular flexibility index (Phi) is 5.19. The number of nitrogens with one attached hydrogen (secondary N) is 1. The Balaban J connectivity index is 1.58. The van der Waals surface area contributed by atoms with E-state index >= 15 is 0 Å². The third-order valence-corrected chi connectivity index (χ3v) is 7.28. The first-order chi connectivity index (χ1) is 13.9. The van der Waals surface area contributed by atoms with Gasteiger partial charge in [-0.05, 0) is 50.5 Å². The summed E-state index contributed by atoms with van der Waals surface area (Å²) >= 11 is 0. The maximum Gasteiger partial charge on any atom is 0.287 e. The Morgan fingerprint density at radius 2 is 1.76 bits per heavy atom. The van der Waals surface area contributed by atoms with Crippen LogP contribution in [-0.4, -0.2) is 31.7 Å². The van der Waals surface area contributed by atoms with Gasteiger partial charge in [-0.25, -0.2) is 8.42 Å². The number of fused-ring (bicyclic) bond motifs is 1. The number of nitrogens with zero attached hydrogens (tertiary/aromatic N) is 1. The standard InChI is InChI=1S/C22H24N2O4S/c1-15-5-7-17(8-6-15)14-23-22(25)21-16(2)19-13-18(9-10-20(19)28-21)29(26,27)24-11-3-4-12-24/h5-10,13H,3-4,11-12,14H2,1-2H3,(H,23,25). The maximum atomic E-state index is 12.8. The van der Waals surface area contributed by atoms with Crippen molar-refractivity contribution in [2.24, 2.45) is 0 Å². The van der Waals surface area contributed by atoms with Crippen LogP contribution in [0.2, 0.25) is 0 Å². The van der Waals surface area contributed by atoms with Gasteiger partial charge in [0, 0.05) is 30.6 Å². The van der Waals surface area contributed by atoms with Gasteiger partial charge in [-0.1, -0.05) is 29.8 Å². The van der Waals surface area contributed by atoms with Crippen LogP contribution in [0.25, 0.3) is 11.0 Å². The summed E-state index contributed by atoms with van der Waals surface area (Å²) in [5, 5.41) is 3.51. The smallest absolute Gasteiger partial charge is 0.287 e. The Morgan fingerprint density at radius 3 is 2.45 bits per heavy atom. The number of carbonyl (C=O) groups is 1. The summed E-state index contributed by atoms with van der Waals surface area (Å²) < 4.78 is 32.9. The monoisotopic (exact) mass is 412 g/mol. The molecule has 1 aliphatic heterocycles. The first kappa shape index (κ1) is 19.7. The van der Waals surface area contributed by atoms with Gasteiger partial charge >= 0.3 is 0 Å². The lowest BCUT2D eigenvalue weighted by atomic mass is 10.1. The highest BCUT2D eigenvalue weighted by Crippen LogP contribution is 2.29. The van der Waals surface area contributed by atoms with E-state index in [0.29, 0.717) is 36.2 Å². The van der Waals surface area contributed by atoms with Gasteiger partial charge in [-0.3, -0.25) is 4.79 Å². The summed E-state index contributed by atoms with van der Waals surface area (Å²) in [5.74, 6) is -0.106. The Hall–Kier alpha value is -2.64. The molecule has 0 saturated carbocycles. The summed E-state index contributed by atoms with van der Waals surface area (Å²) in [6.07, 6.45) is 1.77. The van der Waals surface area contributed by atoms with Gasteiger partial charge in [0.2, 0.25) is 10.0 Å². The molecule has 0 atom stereocenters.